The van der Waals surface area contributed by atoms with Crippen LogP contribution in [0.5, 0.6) is 11.5 Å². The zero-order valence-corrected chi connectivity index (χ0v) is 20.7. The fraction of sp³-hybridized carbons (Fsp3) is 0.194. The minimum absolute atomic E-state index is 0.0453. The van der Waals surface area contributed by atoms with Crippen LogP contribution >= 0.6 is 0 Å². The number of nitrogens with one attached hydrogen (secondary N) is 1. The maximum atomic E-state index is 14.4. The van der Waals surface area contributed by atoms with Crippen LogP contribution in [0.3, 0.4) is 0 Å². The summed E-state index contributed by atoms with van der Waals surface area (Å²) in [6, 6.07) is 27.7. The van der Waals surface area contributed by atoms with E-state index in [0.717, 1.165) is 27.8 Å². The number of rotatable bonds is 11. The van der Waals surface area contributed by atoms with E-state index >= 15 is 0 Å². The molecule has 0 radical (unpaired) electrons. The second-order valence-corrected chi connectivity index (χ2v) is 8.63. The van der Waals surface area contributed by atoms with Crippen molar-refractivity contribution in [3.63, 3.8) is 0 Å². The van der Waals surface area contributed by atoms with Gasteiger partial charge in [-0.05, 0) is 53.4 Å². The molecule has 6 heteroatoms. The van der Waals surface area contributed by atoms with Gasteiger partial charge in [0.15, 0.2) is 0 Å². The van der Waals surface area contributed by atoms with Crippen LogP contribution in [0.2, 0.25) is 0 Å². The molecule has 2 N–H and O–H groups in total. The Bertz CT molecular complexity index is 1400. The second kappa shape index (κ2) is 12.7. The lowest BCUT2D eigenvalue weighted by atomic mass is 9.96. The van der Waals surface area contributed by atoms with Crippen molar-refractivity contribution in [2.24, 2.45) is 0 Å². The number of hydrogen-bond acceptors (Lipinski definition) is 5. The number of aliphatic hydroxyl groups excluding tert-OH is 1. The molecule has 0 bridgehead atoms. The summed E-state index contributed by atoms with van der Waals surface area (Å²) >= 11 is 0. The third-order valence-corrected chi connectivity index (χ3v) is 6.10. The summed E-state index contributed by atoms with van der Waals surface area (Å²) in [5.41, 5.74) is 5.73. The van der Waals surface area contributed by atoms with E-state index in [2.05, 4.69) is 11.4 Å². The first-order valence-corrected chi connectivity index (χ1v) is 12.1. The fourth-order valence-corrected chi connectivity index (χ4v) is 4.07. The van der Waals surface area contributed by atoms with Gasteiger partial charge in [0.05, 0.1) is 18.2 Å². The van der Waals surface area contributed by atoms with E-state index in [1.54, 1.807) is 24.3 Å². The van der Waals surface area contributed by atoms with Gasteiger partial charge in [-0.3, -0.25) is 0 Å². The van der Waals surface area contributed by atoms with Crippen LogP contribution in [0.25, 0.3) is 11.1 Å². The molecule has 4 aromatic rings. The molecule has 0 aliphatic heterocycles. The summed E-state index contributed by atoms with van der Waals surface area (Å²) < 4.78 is 26.6. The predicted octanol–water partition coefficient (Wildman–Crippen LogP) is 5.91. The molecular weight excluding hydrogens is 467 g/mol. The van der Waals surface area contributed by atoms with Gasteiger partial charge in [0, 0.05) is 30.3 Å². The zero-order valence-electron chi connectivity index (χ0n) is 20.7. The van der Waals surface area contributed by atoms with Crippen LogP contribution < -0.4 is 14.8 Å². The molecule has 0 saturated heterocycles. The van der Waals surface area contributed by atoms with Crippen LogP contribution in [0, 0.1) is 24.1 Å². The maximum Gasteiger partial charge on any atom is 0.131 e. The molecule has 5 nitrogen and oxygen atoms in total. The first kappa shape index (κ1) is 25.9. The standard InChI is InChI=1S/C31H29FN2O3/c1-22-26(8-5-10-28(22)29-9-2-3-11-30(29)32)21-36-27-13-12-25(19-34-14-15-35)31(17-27)37-20-24-7-4-6-23(16-24)18-33/h2-13,16-17,34-35H,14-15,19-21H2,1H3. The van der Waals surface area contributed by atoms with E-state index in [9.17, 15) is 4.39 Å². The lowest BCUT2D eigenvalue weighted by Gasteiger charge is -2.16. The van der Waals surface area contributed by atoms with Crippen molar-refractivity contribution in [1.82, 2.24) is 5.32 Å². The summed E-state index contributed by atoms with van der Waals surface area (Å²) in [5.74, 6) is 1.04. The Morgan fingerprint density at radius 2 is 1.68 bits per heavy atom. The summed E-state index contributed by atoms with van der Waals surface area (Å²) in [4.78, 5) is 0. The molecule has 37 heavy (non-hydrogen) atoms. The SMILES string of the molecule is Cc1c(COc2ccc(CNCCO)c(OCc3cccc(C#N)c3)c2)cccc1-c1ccccc1F. The van der Waals surface area contributed by atoms with Crippen molar-refractivity contribution in [2.45, 2.75) is 26.7 Å². The van der Waals surface area contributed by atoms with Crippen LogP contribution in [0.1, 0.15) is 27.8 Å². The normalized spacial score (nSPS) is 10.6. The smallest absolute Gasteiger partial charge is 0.131 e. The Kier molecular flexibility index (Phi) is 8.88. The van der Waals surface area contributed by atoms with E-state index in [1.807, 2.05) is 61.5 Å². The molecule has 0 aromatic heterocycles. The topological polar surface area (TPSA) is 74.5 Å². The lowest BCUT2D eigenvalue weighted by Crippen LogP contribution is -2.18. The Balaban J connectivity index is 1.52. The zero-order chi connectivity index (χ0) is 26.0. The number of ether oxygens (including phenoxy) is 2. The highest BCUT2D eigenvalue weighted by Crippen LogP contribution is 2.30. The molecule has 0 amide bonds. The molecule has 0 spiro atoms. The predicted molar refractivity (Wildman–Crippen MR) is 142 cm³/mol. The number of halogens is 1. The van der Waals surface area contributed by atoms with E-state index < -0.39 is 0 Å². The monoisotopic (exact) mass is 496 g/mol. The molecule has 188 valence electrons. The first-order chi connectivity index (χ1) is 18.1. The van der Waals surface area contributed by atoms with Crippen molar-refractivity contribution in [1.29, 1.82) is 5.26 Å². The van der Waals surface area contributed by atoms with Gasteiger partial charge in [-0.2, -0.15) is 5.26 Å². The number of hydrogen-bond donors (Lipinski definition) is 2. The van der Waals surface area contributed by atoms with Crippen molar-refractivity contribution >= 4 is 0 Å². The quantitative estimate of drug-likeness (QED) is 0.253. The Hall–Kier alpha value is -4.18. The largest absolute Gasteiger partial charge is 0.489 e. The minimum Gasteiger partial charge on any atom is -0.489 e. The third-order valence-electron chi connectivity index (χ3n) is 6.10. The average molecular weight is 497 g/mol. The van der Waals surface area contributed by atoms with Gasteiger partial charge in [0.1, 0.15) is 30.5 Å². The Labute approximate surface area is 216 Å². The fourth-order valence-electron chi connectivity index (χ4n) is 4.07. The third kappa shape index (κ3) is 6.73. The Morgan fingerprint density at radius 1 is 0.865 bits per heavy atom. The van der Waals surface area contributed by atoms with E-state index in [0.29, 0.717) is 48.9 Å². The maximum absolute atomic E-state index is 14.4. The van der Waals surface area contributed by atoms with Crippen molar-refractivity contribution < 1.29 is 19.0 Å². The van der Waals surface area contributed by atoms with Gasteiger partial charge in [-0.25, -0.2) is 4.39 Å². The lowest BCUT2D eigenvalue weighted by molar-refractivity contribution is 0.282. The van der Waals surface area contributed by atoms with Gasteiger partial charge in [-0.15, -0.1) is 0 Å². The Morgan fingerprint density at radius 3 is 2.49 bits per heavy atom. The molecule has 0 unspecified atom stereocenters. The molecular formula is C31H29FN2O3. The molecule has 0 aliphatic rings. The van der Waals surface area contributed by atoms with Crippen LogP contribution in [0.4, 0.5) is 4.39 Å². The molecule has 0 saturated carbocycles. The number of nitriles is 1. The minimum atomic E-state index is -0.254. The molecule has 0 aliphatic carbocycles. The van der Waals surface area contributed by atoms with Gasteiger partial charge in [-0.1, -0.05) is 54.6 Å². The number of aliphatic hydroxyl groups is 1. The summed E-state index contributed by atoms with van der Waals surface area (Å²) in [7, 11) is 0. The van der Waals surface area contributed by atoms with Gasteiger partial charge < -0.3 is 19.9 Å². The summed E-state index contributed by atoms with van der Waals surface area (Å²) in [6.07, 6.45) is 0. The van der Waals surface area contributed by atoms with Gasteiger partial charge >= 0.3 is 0 Å². The average Bonchev–Trinajstić information content (AvgIpc) is 2.93. The van der Waals surface area contributed by atoms with E-state index in [4.69, 9.17) is 19.8 Å². The summed E-state index contributed by atoms with van der Waals surface area (Å²) in [6.45, 7) is 3.64. The van der Waals surface area contributed by atoms with Crippen molar-refractivity contribution in [3.05, 3.63) is 119 Å². The van der Waals surface area contributed by atoms with Gasteiger partial charge in [0.2, 0.25) is 0 Å². The van der Waals surface area contributed by atoms with Crippen LogP contribution in [0.15, 0.2) is 84.9 Å². The highest BCUT2D eigenvalue weighted by atomic mass is 19.1. The highest BCUT2D eigenvalue weighted by Gasteiger charge is 2.12. The molecule has 4 rings (SSSR count). The highest BCUT2D eigenvalue weighted by molar-refractivity contribution is 5.69. The molecule has 0 atom stereocenters. The molecule has 0 heterocycles. The van der Waals surface area contributed by atoms with Crippen molar-refractivity contribution in [3.8, 4) is 28.7 Å². The van der Waals surface area contributed by atoms with Gasteiger partial charge in [0.25, 0.3) is 0 Å². The molecule has 0 fully saturated rings. The molecule has 4 aromatic carbocycles. The van der Waals surface area contributed by atoms with Crippen LogP contribution in [-0.4, -0.2) is 18.3 Å². The summed E-state index contributed by atoms with van der Waals surface area (Å²) in [5, 5.41) is 21.4. The van der Waals surface area contributed by atoms with Crippen molar-refractivity contribution in [2.75, 3.05) is 13.2 Å². The number of nitrogens with zero attached hydrogens (tertiary/aromatic N) is 1. The first-order valence-electron chi connectivity index (χ1n) is 12.1. The van der Waals surface area contributed by atoms with Crippen LogP contribution in [-0.2, 0) is 19.8 Å². The van der Waals surface area contributed by atoms with E-state index in [1.165, 1.54) is 6.07 Å². The second-order valence-electron chi connectivity index (χ2n) is 8.63. The number of benzene rings is 4. The van der Waals surface area contributed by atoms with E-state index in [-0.39, 0.29) is 12.4 Å².